The quantitative estimate of drug-likeness (QED) is 0.627. The second kappa shape index (κ2) is 6.01. The molecule has 2 unspecified atom stereocenters. The number of aryl methyl sites for hydroxylation is 1. The largest absolute Gasteiger partial charge is 0.383 e. The Balaban J connectivity index is 1.56. The highest BCUT2D eigenvalue weighted by molar-refractivity contribution is 6.12. The van der Waals surface area contributed by atoms with Crippen molar-refractivity contribution in [1.82, 2.24) is 29.9 Å². The lowest BCUT2D eigenvalue weighted by atomic mass is 9.45. The van der Waals surface area contributed by atoms with Gasteiger partial charge in [0.1, 0.15) is 12.1 Å². The molecule has 3 aliphatic rings. The van der Waals surface area contributed by atoms with Crippen molar-refractivity contribution < 1.29 is 4.79 Å². The van der Waals surface area contributed by atoms with Crippen LogP contribution in [-0.2, 0) is 0 Å². The van der Waals surface area contributed by atoms with Crippen LogP contribution in [0.2, 0.25) is 0 Å². The third-order valence-corrected chi connectivity index (χ3v) is 7.31. The van der Waals surface area contributed by atoms with E-state index in [9.17, 15) is 4.79 Å². The molecule has 152 valence electrons. The van der Waals surface area contributed by atoms with Gasteiger partial charge in [0.25, 0.3) is 5.91 Å². The first-order valence-electron chi connectivity index (χ1n) is 10.1. The van der Waals surface area contributed by atoms with Crippen molar-refractivity contribution in [3.63, 3.8) is 0 Å². The number of anilines is 2. The van der Waals surface area contributed by atoms with Crippen molar-refractivity contribution in [3.05, 3.63) is 23.8 Å². The van der Waals surface area contributed by atoms with Crippen molar-refractivity contribution in [2.75, 3.05) is 11.1 Å². The smallest absolute Gasteiger partial charge is 0.278 e. The molecule has 1 amide bonds. The number of H-pyrrole nitrogens is 1. The molecule has 0 aromatic carbocycles. The topological polar surface area (TPSA) is 127 Å². The normalized spacial score (nSPS) is 27.6. The summed E-state index contributed by atoms with van der Waals surface area (Å²) >= 11 is 0. The zero-order chi connectivity index (χ0) is 20.5. The van der Waals surface area contributed by atoms with Crippen molar-refractivity contribution in [2.45, 2.75) is 46.6 Å². The molecule has 4 atom stereocenters. The molecule has 3 fully saturated rings. The fourth-order valence-electron chi connectivity index (χ4n) is 5.49. The lowest BCUT2D eigenvalue weighted by molar-refractivity contribution is -0.125. The number of aromatic amines is 1. The van der Waals surface area contributed by atoms with Gasteiger partial charge in [-0.05, 0) is 42.9 Å². The van der Waals surface area contributed by atoms with Crippen LogP contribution < -0.4 is 11.1 Å². The van der Waals surface area contributed by atoms with Crippen molar-refractivity contribution >= 4 is 28.6 Å². The number of hydrogen-bond donors (Lipinski definition) is 3. The van der Waals surface area contributed by atoms with Crippen LogP contribution in [0.1, 0.15) is 55.8 Å². The standard InChI is InChI=1S/C20H26N8O/c1-9-5-14(26-25-9)24-19(29)16-15-17(21)22-8-23-18(15)28(27-16)13-7-11-6-12(10(13)2)20(11,3)4/h5,8,10-13H,6-7H2,1-4H3,(H2,21,22,23)(H2,24,25,26,29)/t10-,11?,12?,13+/m0/s1. The summed E-state index contributed by atoms with van der Waals surface area (Å²) in [6.45, 7) is 8.89. The van der Waals surface area contributed by atoms with Gasteiger partial charge in [-0.3, -0.25) is 9.89 Å². The summed E-state index contributed by atoms with van der Waals surface area (Å²) in [4.78, 5) is 21.5. The fourth-order valence-corrected chi connectivity index (χ4v) is 5.49. The Labute approximate surface area is 168 Å². The van der Waals surface area contributed by atoms with E-state index >= 15 is 0 Å². The summed E-state index contributed by atoms with van der Waals surface area (Å²) < 4.78 is 1.91. The van der Waals surface area contributed by atoms with Gasteiger partial charge in [-0.1, -0.05) is 20.8 Å². The Bertz CT molecular complexity index is 1110. The molecule has 0 aliphatic heterocycles. The molecule has 0 saturated heterocycles. The van der Waals surface area contributed by atoms with Gasteiger partial charge >= 0.3 is 0 Å². The summed E-state index contributed by atoms with van der Waals surface area (Å²) in [6, 6.07) is 1.95. The summed E-state index contributed by atoms with van der Waals surface area (Å²) in [5.41, 5.74) is 8.23. The fraction of sp³-hybridized carbons (Fsp3) is 0.550. The summed E-state index contributed by atoms with van der Waals surface area (Å²) in [5.74, 6) is 2.10. The minimum absolute atomic E-state index is 0.192. The first-order chi connectivity index (χ1) is 13.8. The van der Waals surface area contributed by atoms with Crippen LogP contribution in [0.5, 0.6) is 0 Å². The number of amides is 1. The van der Waals surface area contributed by atoms with Gasteiger partial charge in [-0.25, -0.2) is 14.6 Å². The predicted octanol–water partition coefficient (Wildman–Crippen LogP) is 2.94. The van der Waals surface area contributed by atoms with Crippen LogP contribution >= 0.6 is 0 Å². The van der Waals surface area contributed by atoms with E-state index in [1.54, 1.807) is 6.07 Å². The van der Waals surface area contributed by atoms with E-state index in [0.29, 0.717) is 40.0 Å². The van der Waals surface area contributed by atoms with Crippen molar-refractivity contribution in [2.24, 2.45) is 23.2 Å². The second-order valence-electron chi connectivity index (χ2n) is 9.16. The number of nitrogens with two attached hydrogens (primary N) is 1. The summed E-state index contributed by atoms with van der Waals surface area (Å²) in [6.07, 6.45) is 3.74. The number of aromatic nitrogens is 6. The van der Waals surface area contributed by atoms with E-state index in [4.69, 9.17) is 10.8 Å². The van der Waals surface area contributed by atoms with E-state index in [0.717, 1.165) is 12.1 Å². The maximum atomic E-state index is 13.0. The molecular weight excluding hydrogens is 368 g/mol. The number of nitrogen functional groups attached to an aromatic ring is 1. The predicted molar refractivity (Wildman–Crippen MR) is 109 cm³/mol. The first kappa shape index (κ1) is 18.1. The van der Waals surface area contributed by atoms with Gasteiger partial charge in [-0.15, -0.1) is 0 Å². The molecule has 3 saturated carbocycles. The highest BCUT2D eigenvalue weighted by Gasteiger charge is 2.57. The highest BCUT2D eigenvalue weighted by atomic mass is 16.2. The first-order valence-corrected chi connectivity index (χ1v) is 10.1. The molecule has 3 heterocycles. The maximum Gasteiger partial charge on any atom is 0.278 e. The van der Waals surface area contributed by atoms with Gasteiger partial charge < -0.3 is 11.1 Å². The Hall–Kier alpha value is -2.97. The van der Waals surface area contributed by atoms with Crippen LogP contribution in [0.25, 0.3) is 11.0 Å². The number of nitrogens with one attached hydrogen (secondary N) is 2. The molecule has 3 aromatic rings. The molecular formula is C20H26N8O. The molecule has 3 aromatic heterocycles. The molecule has 9 nitrogen and oxygen atoms in total. The number of fused-ring (bicyclic) bond motifs is 3. The minimum Gasteiger partial charge on any atom is -0.383 e. The molecule has 6 rings (SSSR count). The lowest BCUT2D eigenvalue weighted by Crippen LogP contribution is -2.55. The summed E-state index contributed by atoms with van der Waals surface area (Å²) in [5, 5.41) is 14.9. The third-order valence-electron chi connectivity index (χ3n) is 7.31. The van der Waals surface area contributed by atoms with E-state index in [2.05, 4.69) is 46.3 Å². The van der Waals surface area contributed by atoms with Crippen molar-refractivity contribution in [1.29, 1.82) is 0 Å². The minimum atomic E-state index is -0.365. The summed E-state index contributed by atoms with van der Waals surface area (Å²) in [7, 11) is 0. The van der Waals surface area contributed by atoms with Crippen molar-refractivity contribution in [3.8, 4) is 0 Å². The molecule has 3 aliphatic carbocycles. The van der Waals surface area contributed by atoms with Gasteiger partial charge in [0.2, 0.25) is 0 Å². The SMILES string of the molecule is Cc1cc(NC(=O)c2nn([C@@H]3CC4CC([C@@H]3C)C4(C)C)c3ncnc(N)c23)n[nH]1. The molecule has 4 N–H and O–H groups in total. The Kier molecular flexibility index (Phi) is 3.75. The number of hydrogen-bond acceptors (Lipinski definition) is 6. The van der Waals surface area contributed by atoms with Crippen LogP contribution in [0.15, 0.2) is 12.4 Å². The average Bonchev–Trinajstić information content (AvgIpc) is 3.26. The number of rotatable bonds is 3. The second-order valence-corrected chi connectivity index (χ2v) is 9.16. The molecule has 29 heavy (non-hydrogen) atoms. The number of carbonyl (C=O) groups excluding carboxylic acids is 1. The molecule has 0 radical (unpaired) electrons. The zero-order valence-electron chi connectivity index (χ0n) is 17.1. The van der Waals surface area contributed by atoms with Gasteiger partial charge in [0, 0.05) is 11.8 Å². The molecule has 0 spiro atoms. The van der Waals surface area contributed by atoms with Crippen LogP contribution in [0.3, 0.4) is 0 Å². The Morgan fingerprint density at radius 1 is 1.34 bits per heavy atom. The lowest BCUT2D eigenvalue weighted by Gasteiger charge is -2.61. The highest BCUT2D eigenvalue weighted by Crippen LogP contribution is 2.64. The third kappa shape index (κ3) is 2.56. The van der Waals surface area contributed by atoms with Gasteiger partial charge in [0.05, 0.1) is 11.4 Å². The monoisotopic (exact) mass is 394 g/mol. The van der Waals surface area contributed by atoms with E-state index in [1.807, 2.05) is 11.6 Å². The Morgan fingerprint density at radius 2 is 2.14 bits per heavy atom. The van der Waals surface area contributed by atoms with E-state index in [1.165, 1.54) is 12.7 Å². The van der Waals surface area contributed by atoms with Crippen LogP contribution in [-0.4, -0.2) is 35.9 Å². The number of carbonyl (C=O) groups is 1. The van der Waals surface area contributed by atoms with Gasteiger partial charge in [-0.2, -0.15) is 10.2 Å². The molecule has 2 bridgehead atoms. The average molecular weight is 394 g/mol. The van der Waals surface area contributed by atoms with Gasteiger partial charge in [0.15, 0.2) is 17.2 Å². The molecule has 9 heteroatoms. The number of nitrogens with zero attached hydrogens (tertiary/aromatic N) is 5. The van der Waals surface area contributed by atoms with Crippen LogP contribution in [0.4, 0.5) is 11.6 Å². The van der Waals surface area contributed by atoms with E-state index < -0.39 is 0 Å². The zero-order valence-corrected chi connectivity index (χ0v) is 17.1. The maximum absolute atomic E-state index is 13.0. The van der Waals surface area contributed by atoms with E-state index in [-0.39, 0.29) is 23.5 Å². The van der Waals surface area contributed by atoms with Crippen LogP contribution in [0, 0.1) is 30.1 Å². The Morgan fingerprint density at radius 3 is 2.79 bits per heavy atom.